The lowest BCUT2D eigenvalue weighted by Crippen LogP contribution is -2.26. The zero-order valence-corrected chi connectivity index (χ0v) is 17.1. The maximum Gasteiger partial charge on any atom is 0.154 e. The van der Waals surface area contributed by atoms with Gasteiger partial charge in [0.05, 0.1) is 31.7 Å². The summed E-state index contributed by atoms with van der Waals surface area (Å²) in [6.07, 6.45) is 9.58. The number of nitrogens with one attached hydrogen (secondary N) is 2. The molecule has 0 aromatic carbocycles. The number of H-pyrrole nitrogens is 2. The van der Waals surface area contributed by atoms with Crippen LogP contribution in [0.3, 0.4) is 0 Å². The van der Waals surface area contributed by atoms with E-state index in [1.165, 1.54) is 0 Å². The van der Waals surface area contributed by atoms with E-state index in [1.54, 1.807) is 18.6 Å². The van der Waals surface area contributed by atoms with E-state index in [2.05, 4.69) is 29.2 Å². The molecule has 2 N–H and O–H groups in total. The summed E-state index contributed by atoms with van der Waals surface area (Å²) in [6.45, 7) is 9.19. The first-order valence-corrected chi connectivity index (χ1v) is 9.94. The van der Waals surface area contributed by atoms with Gasteiger partial charge >= 0.3 is 0 Å². The van der Waals surface area contributed by atoms with Crippen molar-refractivity contribution in [3.8, 4) is 29.0 Å². The number of hydrogen-bond donors (Lipinski definition) is 2. The predicted octanol–water partition coefficient (Wildman–Crippen LogP) is 5.11. The highest BCUT2D eigenvalue weighted by Crippen LogP contribution is 2.31. The fourth-order valence-electron chi connectivity index (χ4n) is 3.60. The first kappa shape index (κ1) is 20.3. The van der Waals surface area contributed by atoms with Crippen LogP contribution in [0.1, 0.15) is 22.6 Å². The molecule has 0 aliphatic heterocycles. The number of nitrogens with zero attached hydrogens (tertiary/aromatic N) is 3. The van der Waals surface area contributed by atoms with Gasteiger partial charge < -0.3 is 18.8 Å². The zero-order chi connectivity index (χ0) is 21.6. The molecule has 0 saturated heterocycles. The molecular weight excluding hydrogens is 390 g/mol. The Morgan fingerprint density at radius 2 is 1.90 bits per heavy atom. The first-order chi connectivity index (χ1) is 15.2. The van der Waals surface area contributed by atoms with Crippen LogP contribution in [-0.2, 0) is 13.0 Å². The van der Waals surface area contributed by atoms with E-state index < -0.39 is 0 Å². The lowest BCUT2D eigenvalue weighted by molar-refractivity contribution is 0.295. The summed E-state index contributed by atoms with van der Waals surface area (Å²) in [4.78, 5) is 13.3. The Morgan fingerprint density at radius 3 is 2.55 bits per heavy atom. The Kier molecular flexibility index (Phi) is 6.01. The molecule has 0 spiro atoms. The fraction of sp³-hybridized carbons (Fsp3) is 0.167. The SMILES string of the molecule is C=Cc1[nH]cc(CCN(CC#N)Cc2nc(-c3ccco3)c(-c3ccco3)[nH]2)c1C=C. The van der Waals surface area contributed by atoms with Gasteiger partial charge in [-0.1, -0.05) is 19.2 Å². The third kappa shape index (κ3) is 4.29. The van der Waals surface area contributed by atoms with E-state index >= 15 is 0 Å². The van der Waals surface area contributed by atoms with Crippen LogP contribution >= 0.6 is 0 Å². The van der Waals surface area contributed by atoms with Crippen LogP contribution in [0.4, 0.5) is 0 Å². The standard InChI is InChI=1S/C24H23N5O2/c1-3-18-17(15-26-19(18)4-2)9-11-29(12-10-25)16-22-27-23(20-7-5-13-30-20)24(28-22)21-8-6-14-31-21/h3-8,13-15,26H,1-2,9,11-12,16H2,(H,27,28). The minimum absolute atomic E-state index is 0.287. The Labute approximate surface area is 180 Å². The van der Waals surface area contributed by atoms with Crippen LogP contribution in [0.5, 0.6) is 0 Å². The van der Waals surface area contributed by atoms with E-state index in [-0.39, 0.29) is 6.54 Å². The number of nitriles is 1. The molecule has 0 saturated carbocycles. The van der Waals surface area contributed by atoms with Crippen molar-refractivity contribution in [2.75, 3.05) is 13.1 Å². The molecule has 4 heterocycles. The molecule has 0 radical (unpaired) electrons. The number of aromatic nitrogens is 3. The number of rotatable bonds is 10. The van der Waals surface area contributed by atoms with Crippen molar-refractivity contribution in [1.29, 1.82) is 5.26 Å². The summed E-state index contributed by atoms with van der Waals surface area (Å²) in [5.74, 6) is 2.07. The summed E-state index contributed by atoms with van der Waals surface area (Å²) in [7, 11) is 0. The second-order valence-electron chi connectivity index (χ2n) is 7.03. The molecule has 7 heteroatoms. The van der Waals surface area contributed by atoms with Crippen LogP contribution in [0, 0.1) is 11.3 Å². The van der Waals surface area contributed by atoms with E-state index in [1.807, 2.05) is 41.4 Å². The van der Waals surface area contributed by atoms with Gasteiger partial charge in [0.1, 0.15) is 17.2 Å². The number of hydrogen-bond acceptors (Lipinski definition) is 5. The van der Waals surface area contributed by atoms with Crippen molar-refractivity contribution in [3.63, 3.8) is 0 Å². The molecule has 0 aliphatic rings. The van der Waals surface area contributed by atoms with Gasteiger partial charge in [0.25, 0.3) is 0 Å². The Bertz CT molecular complexity index is 1140. The normalized spacial score (nSPS) is 11.0. The van der Waals surface area contributed by atoms with Crippen LogP contribution in [-0.4, -0.2) is 32.9 Å². The van der Waals surface area contributed by atoms with Gasteiger partial charge in [-0.05, 0) is 42.3 Å². The molecule has 4 rings (SSSR count). The van der Waals surface area contributed by atoms with Crippen molar-refractivity contribution >= 4 is 12.2 Å². The highest BCUT2D eigenvalue weighted by Gasteiger charge is 2.19. The van der Waals surface area contributed by atoms with Crippen LogP contribution in [0.15, 0.2) is 65.0 Å². The minimum atomic E-state index is 0.287. The maximum absolute atomic E-state index is 9.33. The number of furan rings is 2. The van der Waals surface area contributed by atoms with Crippen molar-refractivity contribution in [1.82, 2.24) is 19.9 Å². The third-order valence-electron chi connectivity index (χ3n) is 5.09. The average Bonchev–Trinajstić information content (AvgIpc) is 3.57. The molecule has 0 unspecified atom stereocenters. The molecule has 4 aromatic rings. The van der Waals surface area contributed by atoms with Gasteiger partial charge in [-0.15, -0.1) is 0 Å². The molecule has 4 aromatic heterocycles. The molecule has 31 heavy (non-hydrogen) atoms. The molecule has 0 amide bonds. The van der Waals surface area contributed by atoms with Gasteiger partial charge in [-0.2, -0.15) is 5.26 Å². The van der Waals surface area contributed by atoms with Gasteiger partial charge in [-0.3, -0.25) is 4.90 Å². The molecule has 0 fully saturated rings. The maximum atomic E-state index is 9.33. The van der Waals surface area contributed by atoms with Gasteiger partial charge in [0.2, 0.25) is 0 Å². The monoisotopic (exact) mass is 413 g/mol. The third-order valence-corrected chi connectivity index (χ3v) is 5.09. The second-order valence-corrected chi connectivity index (χ2v) is 7.03. The smallest absolute Gasteiger partial charge is 0.154 e. The van der Waals surface area contributed by atoms with Crippen LogP contribution in [0.2, 0.25) is 0 Å². The largest absolute Gasteiger partial charge is 0.463 e. The quantitative estimate of drug-likeness (QED) is 0.352. The van der Waals surface area contributed by atoms with Gasteiger partial charge in [-0.25, -0.2) is 4.98 Å². The topological polar surface area (TPSA) is 97.8 Å². The van der Waals surface area contributed by atoms with Crippen molar-refractivity contribution in [2.45, 2.75) is 13.0 Å². The van der Waals surface area contributed by atoms with E-state index in [4.69, 9.17) is 13.8 Å². The Morgan fingerprint density at radius 1 is 1.13 bits per heavy atom. The molecule has 7 nitrogen and oxygen atoms in total. The molecule has 0 bridgehead atoms. The summed E-state index contributed by atoms with van der Waals surface area (Å²) >= 11 is 0. The molecular formula is C24H23N5O2. The fourth-order valence-corrected chi connectivity index (χ4v) is 3.60. The molecule has 0 atom stereocenters. The Hall–Kier alpha value is -4.02. The average molecular weight is 413 g/mol. The predicted molar refractivity (Wildman–Crippen MR) is 120 cm³/mol. The summed E-state index contributed by atoms with van der Waals surface area (Å²) < 4.78 is 11.1. The summed E-state index contributed by atoms with van der Waals surface area (Å²) in [6, 6.07) is 9.63. The Balaban J connectivity index is 1.55. The number of imidazole rings is 1. The van der Waals surface area contributed by atoms with Crippen molar-refractivity contribution < 1.29 is 8.83 Å². The van der Waals surface area contributed by atoms with Crippen LogP contribution in [0.25, 0.3) is 35.1 Å². The highest BCUT2D eigenvalue weighted by molar-refractivity contribution is 5.73. The van der Waals surface area contributed by atoms with Gasteiger partial charge in [0.15, 0.2) is 11.5 Å². The highest BCUT2D eigenvalue weighted by atomic mass is 16.3. The van der Waals surface area contributed by atoms with Crippen molar-refractivity contribution in [2.24, 2.45) is 0 Å². The summed E-state index contributed by atoms with van der Waals surface area (Å²) in [5, 5.41) is 9.33. The lowest BCUT2D eigenvalue weighted by Gasteiger charge is -2.17. The molecule has 0 aliphatic carbocycles. The number of aromatic amines is 2. The molecule has 156 valence electrons. The van der Waals surface area contributed by atoms with Crippen molar-refractivity contribution in [3.05, 3.63) is 78.8 Å². The van der Waals surface area contributed by atoms with E-state index in [9.17, 15) is 5.26 Å². The minimum Gasteiger partial charge on any atom is -0.463 e. The van der Waals surface area contributed by atoms with E-state index in [0.29, 0.717) is 30.3 Å². The second kappa shape index (κ2) is 9.20. The lowest BCUT2D eigenvalue weighted by atomic mass is 10.1. The summed E-state index contributed by atoms with van der Waals surface area (Å²) in [5.41, 5.74) is 4.57. The van der Waals surface area contributed by atoms with E-state index in [0.717, 1.165) is 34.8 Å². The van der Waals surface area contributed by atoms with Crippen LogP contribution < -0.4 is 0 Å². The zero-order valence-electron chi connectivity index (χ0n) is 17.1. The van der Waals surface area contributed by atoms with Gasteiger partial charge in [0, 0.05) is 24.0 Å². The first-order valence-electron chi connectivity index (χ1n) is 9.94.